The summed E-state index contributed by atoms with van der Waals surface area (Å²) in [4.78, 5) is 0. The second-order valence-electron chi connectivity index (χ2n) is 4.13. The van der Waals surface area contributed by atoms with E-state index in [-0.39, 0.29) is 6.04 Å². The van der Waals surface area contributed by atoms with Crippen molar-refractivity contribution >= 4 is 37.3 Å². The number of aryl methyl sites for hydroxylation is 1. The highest BCUT2D eigenvalue weighted by molar-refractivity contribution is 9.11. The molecule has 2 rings (SSSR count). The van der Waals surface area contributed by atoms with Gasteiger partial charge in [0.05, 0.1) is 3.79 Å². The summed E-state index contributed by atoms with van der Waals surface area (Å²) < 4.78 is 27.6. The maximum absolute atomic E-state index is 12.3. The normalized spacial score (nSPS) is 22.8. The Balaban J connectivity index is 2.38. The second-order valence-corrected chi connectivity index (χ2v) is 8.62. The fourth-order valence-corrected chi connectivity index (χ4v) is 5.99. The number of thiophene rings is 1. The molecule has 6 heteroatoms. The van der Waals surface area contributed by atoms with Crippen LogP contribution < -0.4 is 0 Å². The standard InChI is InChI=1S/C10H14BrNO2S2/c1-7-6-9(15-10(7)11)16(13,14)12-5-3-4-8(12)2/h6,8H,3-5H2,1-2H3. The van der Waals surface area contributed by atoms with Gasteiger partial charge >= 0.3 is 0 Å². The highest BCUT2D eigenvalue weighted by Gasteiger charge is 2.33. The Morgan fingerprint density at radius 2 is 2.25 bits per heavy atom. The van der Waals surface area contributed by atoms with Crippen LogP contribution in [0.5, 0.6) is 0 Å². The predicted octanol–water partition coefficient (Wildman–Crippen LogP) is 2.99. The molecular weight excluding hydrogens is 310 g/mol. The van der Waals surface area contributed by atoms with E-state index < -0.39 is 10.0 Å². The summed E-state index contributed by atoms with van der Waals surface area (Å²) in [7, 11) is -3.27. The van der Waals surface area contributed by atoms with E-state index in [1.54, 1.807) is 10.4 Å². The molecule has 0 N–H and O–H groups in total. The monoisotopic (exact) mass is 323 g/mol. The van der Waals surface area contributed by atoms with Gasteiger partial charge in [0.2, 0.25) is 0 Å². The minimum absolute atomic E-state index is 0.131. The van der Waals surface area contributed by atoms with Gasteiger partial charge in [0.1, 0.15) is 4.21 Å². The van der Waals surface area contributed by atoms with Gasteiger partial charge in [0.15, 0.2) is 0 Å². The lowest BCUT2D eigenvalue weighted by atomic mass is 10.3. The summed E-state index contributed by atoms with van der Waals surface area (Å²) >= 11 is 4.66. The van der Waals surface area contributed by atoms with E-state index in [9.17, 15) is 8.42 Å². The molecule has 90 valence electrons. The Bertz CT molecular complexity index is 475. The first-order valence-corrected chi connectivity index (χ1v) is 8.25. The lowest BCUT2D eigenvalue weighted by Crippen LogP contribution is -2.33. The van der Waals surface area contributed by atoms with E-state index in [1.165, 1.54) is 11.3 Å². The van der Waals surface area contributed by atoms with Crippen molar-refractivity contribution in [1.29, 1.82) is 0 Å². The molecule has 0 spiro atoms. The third kappa shape index (κ3) is 2.08. The number of hydrogen-bond donors (Lipinski definition) is 0. The summed E-state index contributed by atoms with van der Waals surface area (Å²) in [5.41, 5.74) is 0.982. The van der Waals surface area contributed by atoms with Crippen molar-refractivity contribution < 1.29 is 8.42 Å². The average molecular weight is 324 g/mol. The molecule has 3 nitrogen and oxygen atoms in total. The molecule has 0 saturated carbocycles. The fourth-order valence-electron chi connectivity index (χ4n) is 1.94. The smallest absolute Gasteiger partial charge is 0.206 e. The van der Waals surface area contributed by atoms with Crippen LogP contribution in [0.2, 0.25) is 0 Å². The quantitative estimate of drug-likeness (QED) is 0.839. The van der Waals surface area contributed by atoms with Crippen molar-refractivity contribution in [3.05, 3.63) is 15.4 Å². The predicted molar refractivity (Wildman–Crippen MR) is 69.3 cm³/mol. The first-order valence-electron chi connectivity index (χ1n) is 5.20. The molecule has 1 atom stereocenters. The zero-order chi connectivity index (χ0) is 11.9. The van der Waals surface area contributed by atoms with Crippen LogP contribution in [0, 0.1) is 6.92 Å². The van der Waals surface area contributed by atoms with Crippen molar-refractivity contribution in [3.63, 3.8) is 0 Å². The summed E-state index contributed by atoms with van der Waals surface area (Å²) in [5.74, 6) is 0. The number of rotatable bonds is 2. The average Bonchev–Trinajstić information content (AvgIpc) is 2.75. The number of nitrogens with zero attached hydrogens (tertiary/aromatic N) is 1. The van der Waals surface area contributed by atoms with Crippen LogP contribution in [-0.2, 0) is 10.0 Å². The topological polar surface area (TPSA) is 37.4 Å². The Morgan fingerprint density at radius 3 is 2.69 bits per heavy atom. The molecule has 1 fully saturated rings. The minimum atomic E-state index is -3.27. The molecule has 0 radical (unpaired) electrons. The van der Waals surface area contributed by atoms with E-state index in [0.29, 0.717) is 10.8 Å². The van der Waals surface area contributed by atoms with Crippen LogP contribution in [0.25, 0.3) is 0 Å². The summed E-state index contributed by atoms with van der Waals surface area (Å²) in [6.45, 7) is 4.53. The van der Waals surface area contributed by atoms with Crippen LogP contribution in [0.15, 0.2) is 14.1 Å². The lowest BCUT2D eigenvalue weighted by molar-refractivity contribution is 0.409. The fraction of sp³-hybridized carbons (Fsp3) is 0.600. The van der Waals surface area contributed by atoms with Crippen molar-refractivity contribution in [2.24, 2.45) is 0 Å². The van der Waals surface area contributed by atoms with Gasteiger partial charge in [0.25, 0.3) is 10.0 Å². The van der Waals surface area contributed by atoms with Gasteiger partial charge in [-0.05, 0) is 54.2 Å². The number of halogens is 1. The molecule has 1 unspecified atom stereocenters. The van der Waals surface area contributed by atoms with E-state index in [4.69, 9.17) is 0 Å². The third-order valence-corrected chi connectivity index (χ3v) is 7.49. The lowest BCUT2D eigenvalue weighted by Gasteiger charge is -2.19. The molecule has 1 aromatic rings. The van der Waals surface area contributed by atoms with Crippen molar-refractivity contribution in [1.82, 2.24) is 4.31 Å². The van der Waals surface area contributed by atoms with E-state index in [1.807, 2.05) is 13.8 Å². The van der Waals surface area contributed by atoms with Gasteiger partial charge < -0.3 is 0 Å². The van der Waals surface area contributed by atoms with Gasteiger partial charge in [-0.2, -0.15) is 4.31 Å². The molecular formula is C10H14BrNO2S2. The van der Waals surface area contributed by atoms with Gasteiger partial charge in [-0.3, -0.25) is 0 Å². The van der Waals surface area contributed by atoms with E-state index >= 15 is 0 Å². The van der Waals surface area contributed by atoms with Crippen LogP contribution in [0.3, 0.4) is 0 Å². The molecule has 0 aromatic carbocycles. The Hall–Kier alpha value is 0.0900. The molecule has 16 heavy (non-hydrogen) atoms. The van der Waals surface area contributed by atoms with E-state index in [2.05, 4.69) is 15.9 Å². The Kier molecular flexibility index (Phi) is 3.45. The molecule has 0 bridgehead atoms. The Labute approximate surface area is 109 Å². The first kappa shape index (κ1) is 12.5. The summed E-state index contributed by atoms with van der Waals surface area (Å²) in [5, 5.41) is 0. The first-order chi connectivity index (χ1) is 7.43. The SMILES string of the molecule is Cc1cc(S(=O)(=O)N2CCCC2C)sc1Br. The van der Waals surface area contributed by atoms with Gasteiger partial charge in [-0.1, -0.05) is 0 Å². The zero-order valence-electron chi connectivity index (χ0n) is 9.23. The minimum Gasteiger partial charge on any atom is -0.206 e. The van der Waals surface area contributed by atoms with Gasteiger partial charge in [-0.15, -0.1) is 11.3 Å². The number of sulfonamides is 1. The summed E-state index contributed by atoms with van der Waals surface area (Å²) in [6.07, 6.45) is 1.93. The highest BCUT2D eigenvalue weighted by atomic mass is 79.9. The van der Waals surface area contributed by atoms with Crippen LogP contribution in [0.1, 0.15) is 25.3 Å². The van der Waals surface area contributed by atoms with Crippen LogP contribution in [0.4, 0.5) is 0 Å². The van der Waals surface area contributed by atoms with Gasteiger partial charge in [-0.25, -0.2) is 8.42 Å². The van der Waals surface area contributed by atoms with Crippen LogP contribution in [-0.4, -0.2) is 25.3 Å². The molecule has 0 aliphatic carbocycles. The van der Waals surface area contributed by atoms with Gasteiger partial charge in [0, 0.05) is 12.6 Å². The molecule has 1 aromatic heterocycles. The largest absolute Gasteiger partial charge is 0.252 e. The van der Waals surface area contributed by atoms with Crippen LogP contribution >= 0.6 is 27.3 Å². The highest BCUT2D eigenvalue weighted by Crippen LogP contribution is 2.34. The third-order valence-electron chi connectivity index (χ3n) is 2.89. The molecule has 1 saturated heterocycles. The summed E-state index contributed by atoms with van der Waals surface area (Å²) in [6, 6.07) is 1.88. The Morgan fingerprint density at radius 1 is 1.56 bits per heavy atom. The molecule has 0 amide bonds. The van der Waals surface area contributed by atoms with Crippen molar-refractivity contribution in [2.45, 2.75) is 36.9 Å². The molecule has 2 heterocycles. The maximum atomic E-state index is 12.3. The molecule has 1 aliphatic rings. The second kappa shape index (κ2) is 4.40. The molecule has 1 aliphatic heterocycles. The zero-order valence-corrected chi connectivity index (χ0v) is 12.5. The van der Waals surface area contributed by atoms with E-state index in [0.717, 1.165) is 22.2 Å². The van der Waals surface area contributed by atoms with Crippen molar-refractivity contribution in [2.75, 3.05) is 6.54 Å². The van der Waals surface area contributed by atoms with Crippen molar-refractivity contribution in [3.8, 4) is 0 Å². The maximum Gasteiger partial charge on any atom is 0.252 e. The number of hydrogen-bond acceptors (Lipinski definition) is 3.